The molecule has 0 N–H and O–H groups in total. The van der Waals surface area contributed by atoms with E-state index in [1.807, 2.05) is 0 Å². The Morgan fingerprint density at radius 3 is 0.687 bits per heavy atom. The molecule has 0 aliphatic carbocycles. The van der Waals surface area contributed by atoms with Gasteiger partial charge in [-0.1, -0.05) is 318 Å². The van der Waals surface area contributed by atoms with Gasteiger partial charge in [0.15, 0.2) is 6.10 Å². The maximum absolute atomic E-state index is 13.0. The van der Waals surface area contributed by atoms with Gasteiger partial charge in [0, 0.05) is 19.3 Å². The summed E-state index contributed by atoms with van der Waals surface area (Å²) in [5.41, 5.74) is 0. The van der Waals surface area contributed by atoms with Crippen LogP contribution in [0.1, 0.15) is 380 Å². The highest BCUT2D eigenvalue weighted by Gasteiger charge is 2.19. The zero-order chi connectivity index (χ0) is 59.9. The van der Waals surface area contributed by atoms with Gasteiger partial charge in [-0.05, 0) is 116 Å². The molecule has 0 aromatic carbocycles. The number of carbonyl (C=O) groups is 3. The maximum atomic E-state index is 13.0. The van der Waals surface area contributed by atoms with E-state index in [4.69, 9.17) is 14.2 Å². The smallest absolute Gasteiger partial charge is 0.306 e. The molecule has 0 spiro atoms. The number of hydrogen-bond acceptors (Lipinski definition) is 6. The van der Waals surface area contributed by atoms with Crippen molar-refractivity contribution in [3.8, 4) is 0 Å². The van der Waals surface area contributed by atoms with Gasteiger partial charge in [-0.15, -0.1) is 0 Å². The Kier molecular flexibility index (Phi) is 68.6. The largest absolute Gasteiger partial charge is 0.462 e. The summed E-state index contributed by atoms with van der Waals surface area (Å²) >= 11 is 0. The van der Waals surface area contributed by atoms with E-state index in [0.717, 1.165) is 77.0 Å². The lowest BCUT2D eigenvalue weighted by Gasteiger charge is -2.18. The second-order valence-electron chi connectivity index (χ2n) is 24.5. The van der Waals surface area contributed by atoms with E-state index in [1.165, 1.54) is 263 Å². The van der Waals surface area contributed by atoms with Crippen LogP contribution in [0.5, 0.6) is 0 Å². The minimum absolute atomic E-state index is 0.0770. The molecule has 0 radical (unpaired) electrons. The molecule has 0 heterocycles. The first-order chi connectivity index (χ1) is 41.0. The van der Waals surface area contributed by atoms with Crippen molar-refractivity contribution >= 4 is 17.9 Å². The van der Waals surface area contributed by atoms with Crippen molar-refractivity contribution < 1.29 is 28.6 Å². The lowest BCUT2D eigenvalue weighted by atomic mass is 10.0. The topological polar surface area (TPSA) is 78.9 Å². The van der Waals surface area contributed by atoms with E-state index in [2.05, 4.69) is 93.7 Å². The molecule has 0 amide bonds. The molecule has 0 rings (SSSR count). The van der Waals surface area contributed by atoms with Gasteiger partial charge in [-0.3, -0.25) is 14.4 Å². The molecule has 6 heteroatoms. The van der Waals surface area contributed by atoms with Gasteiger partial charge in [0.1, 0.15) is 13.2 Å². The Labute approximate surface area is 516 Å². The molecule has 0 saturated heterocycles. The third-order valence-corrected chi connectivity index (χ3v) is 16.2. The Morgan fingerprint density at radius 1 is 0.241 bits per heavy atom. The van der Waals surface area contributed by atoms with Crippen molar-refractivity contribution in [1.29, 1.82) is 0 Å². The monoisotopic (exact) mass is 1160 g/mol. The van der Waals surface area contributed by atoms with Crippen molar-refractivity contribution in [2.24, 2.45) is 0 Å². The van der Waals surface area contributed by atoms with Crippen LogP contribution in [0.4, 0.5) is 0 Å². The lowest BCUT2D eigenvalue weighted by molar-refractivity contribution is -0.167. The quantitative estimate of drug-likeness (QED) is 0.0261. The number of unbranched alkanes of at least 4 members (excludes halogenated alkanes) is 44. The van der Waals surface area contributed by atoms with Crippen LogP contribution in [-0.4, -0.2) is 37.2 Å². The van der Waals surface area contributed by atoms with E-state index < -0.39 is 6.10 Å². The number of rotatable bonds is 67. The van der Waals surface area contributed by atoms with Crippen LogP contribution in [0.2, 0.25) is 0 Å². The number of carbonyl (C=O) groups excluding carboxylic acids is 3. The third kappa shape index (κ3) is 69.5. The van der Waals surface area contributed by atoms with Crippen LogP contribution in [-0.2, 0) is 28.6 Å². The molecule has 6 nitrogen and oxygen atoms in total. The second-order valence-corrected chi connectivity index (χ2v) is 24.5. The molecule has 0 aliphatic rings. The fourth-order valence-electron chi connectivity index (χ4n) is 10.7. The Hall–Kier alpha value is -3.15. The third-order valence-electron chi connectivity index (χ3n) is 16.2. The highest BCUT2D eigenvalue weighted by molar-refractivity contribution is 5.71. The highest BCUT2D eigenvalue weighted by Crippen LogP contribution is 2.17. The molecule has 0 fully saturated rings. The SMILES string of the molecule is CCCCCCC/C=C\C/C=C\C/C=C\CCCCCCCCCCCCCCC(=O)OCC(COC(=O)CCCCCCCCC/C=C\CCCCCCCC)OC(=O)CCCCCCCCCCC/C=C\C/C=C\CCCCCCC. The molecule has 0 bridgehead atoms. The number of allylic oxidation sites excluding steroid dienone is 12. The Bertz CT molecular complexity index is 1520. The van der Waals surface area contributed by atoms with Gasteiger partial charge < -0.3 is 14.2 Å². The molecular formula is C77H138O6. The standard InChI is InChI=1S/C77H138O6/c1-4-7-10-13-16-19-22-25-28-31-33-35-36-37-38-39-40-42-43-46-49-52-55-58-61-64-67-70-76(79)82-73-74(72-81-75(78)69-66-63-60-57-54-51-48-45-30-27-24-21-18-15-12-9-6-3)83-77(80)71-68-65-62-59-56-53-50-47-44-41-34-32-29-26-23-20-17-14-11-8-5-2/h22-23,25-27,30-34,36-37,74H,4-21,24,28-29,35,38-73H2,1-3H3/b25-22-,26-23-,30-27-,33-31-,34-32-,37-36-. The fraction of sp³-hybridized carbons (Fsp3) is 0.805. The van der Waals surface area contributed by atoms with Crippen molar-refractivity contribution in [2.45, 2.75) is 386 Å². The highest BCUT2D eigenvalue weighted by atomic mass is 16.6. The summed E-state index contributed by atoms with van der Waals surface area (Å²) in [4.78, 5) is 38.5. The van der Waals surface area contributed by atoms with E-state index in [-0.39, 0.29) is 31.1 Å². The van der Waals surface area contributed by atoms with Gasteiger partial charge in [-0.2, -0.15) is 0 Å². The van der Waals surface area contributed by atoms with Crippen molar-refractivity contribution in [2.75, 3.05) is 13.2 Å². The molecule has 482 valence electrons. The minimum Gasteiger partial charge on any atom is -0.462 e. The fourth-order valence-corrected chi connectivity index (χ4v) is 10.7. The normalized spacial score (nSPS) is 12.5. The summed E-state index contributed by atoms with van der Waals surface area (Å²) < 4.78 is 17.0. The van der Waals surface area contributed by atoms with Crippen LogP contribution in [0.3, 0.4) is 0 Å². The molecule has 83 heavy (non-hydrogen) atoms. The van der Waals surface area contributed by atoms with Crippen molar-refractivity contribution in [1.82, 2.24) is 0 Å². The van der Waals surface area contributed by atoms with E-state index in [0.29, 0.717) is 19.3 Å². The first-order valence-corrected chi connectivity index (χ1v) is 36.4. The van der Waals surface area contributed by atoms with Crippen LogP contribution in [0, 0.1) is 0 Å². The second kappa shape index (κ2) is 71.3. The average Bonchev–Trinajstić information content (AvgIpc) is 3.49. The molecule has 0 aromatic heterocycles. The maximum Gasteiger partial charge on any atom is 0.306 e. The molecule has 1 atom stereocenters. The van der Waals surface area contributed by atoms with Crippen LogP contribution < -0.4 is 0 Å². The number of esters is 3. The summed E-state index contributed by atoms with van der Waals surface area (Å²) in [6.07, 6.45) is 93.5. The first-order valence-electron chi connectivity index (χ1n) is 36.4. The van der Waals surface area contributed by atoms with Crippen molar-refractivity contribution in [3.05, 3.63) is 72.9 Å². The van der Waals surface area contributed by atoms with Gasteiger partial charge in [0.2, 0.25) is 0 Å². The summed E-state index contributed by atoms with van der Waals surface area (Å²) in [5.74, 6) is -0.865. The molecule has 0 aliphatic heterocycles. The van der Waals surface area contributed by atoms with E-state index in [1.54, 1.807) is 0 Å². The molecular weight excluding hydrogens is 1020 g/mol. The van der Waals surface area contributed by atoms with E-state index in [9.17, 15) is 14.4 Å². The number of ether oxygens (including phenoxy) is 3. The van der Waals surface area contributed by atoms with Crippen LogP contribution >= 0.6 is 0 Å². The zero-order valence-electron chi connectivity index (χ0n) is 55.5. The van der Waals surface area contributed by atoms with Gasteiger partial charge in [-0.25, -0.2) is 0 Å². The predicted molar refractivity (Wildman–Crippen MR) is 362 cm³/mol. The van der Waals surface area contributed by atoms with Gasteiger partial charge in [0.25, 0.3) is 0 Å². The minimum atomic E-state index is -0.782. The Morgan fingerprint density at radius 2 is 0.434 bits per heavy atom. The van der Waals surface area contributed by atoms with Gasteiger partial charge in [0.05, 0.1) is 0 Å². The lowest BCUT2D eigenvalue weighted by Crippen LogP contribution is -2.30. The summed E-state index contributed by atoms with van der Waals surface area (Å²) in [6.45, 7) is 6.66. The van der Waals surface area contributed by atoms with Crippen LogP contribution in [0.25, 0.3) is 0 Å². The predicted octanol–water partition coefficient (Wildman–Crippen LogP) is 25.2. The van der Waals surface area contributed by atoms with Crippen LogP contribution in [0.15, 0.2) is 72.9 Å². The zero-order valence-corrected chi connectivity index (χ0v) is 55.5. The summed E-state index contributed by atoms with van der Waals surface area (Å²) in [7, 11) is 0. The number of hydrogen-bond donors (Lipinski definition) is 0. The van der Waals surface area contributed by atoms with Gasteiger partial charge >= 0.3 is 17.9 Å². The van der Waals surface area contributed by atoms with Crippen molar-refractivity contribution in [3.63, 3.8) is 0 Å². The average molecular weight is 1160 g/mol. The molecule has 1 unspecified atom stereocenters. The van der Waals surface area contributed by atoms with E-state index >= 15 is 0 Å². The Balaban J connectivity index is 4.33. The molecule has 0 saturated carbocycles. The summed E-state index contributed by atoms with van der Waals surface area (Å²) in [5, 5.41) is 0. The molecule has 0 aromatic rings. The first kappa shape index (κ1) is 79.8. The summed E-state index contributed by atoms with van der Waals surface area (Å²) in [6, 6.07) is 0.